The maximum absolute atomic E-state index is 12.9. The predicted octanol–water partition coefficient (Wildman–Crippen LogP) is 3.11. The van der Waals surface area contributed by atoms with Gasteiger partial charge in [0.15, 0.2) is 5.96 Å². The third-order valence-corrected chi connectivity index (χ3v) is 4.40. The van der Waals surface area contributed by atoms with Crippen LogP contribution in [0.5, 0.6) is 5.75 Å². The summed E-state index contributed by atoms with van der Waals surface area (Å²) in [5.74, 6) is 1.93. The molecule has 1 atom stereocenters. The fourth-order valence-electron chi connectivity index (χ4n) is 2.85. The lowest BCUT2D eigenvalue weighted by molar-refractivity contribution is 0.219. The number of ether oxygens (including phenoxy) is 1. The first-order chi connectivity index (χ1) is 12.1. The summed E-state index contributed by atoms with van der Waals surface area (Å²) in [7, 11) is 2.18. The summed E-state index contributed by atoms with van der Waals surface area (Å²) in [6.45, 7) is 8.68. The van der Waals surface area contributed by atoms with Crippen LogP contribution in [0.1, 0.15) is 26.7 Å². The predicted molar refractivity (Wildman–Crippen MR) is 116 cm³/mol. The molecule has 0 aromatic heterocycles. The molecule has 1 unspecified atom stereocenters. The average Bonchev–Trinajstić information content (AvgIpc) is 2.61. The normalized spacial score (nSPS) is 17.3. The summed E-state index contributed by atoms with van der Waals surface area (Å²) >= 11 is 0. The summed E-state index contributed by atoms with van der Waals surface area (Å²) < 4.78 is 18.7. The van der Waals surface area contributed by atoms with Crippen LogP contribution in [0.15, 0.2) is 29.3 Å². The smallest absolute Gasteiger partial charge is 0.191 e. The molecule has 0 spiro atoms. The van der Waals surface area contributed by atoms with Crippen LogP contribution in [0.4, 0.5) is 4.39 Å². The highest BCUT2D eigenvalue weighted by Gasteiger charge is 2.16. The van der Waals surface area contributed by atoms with Crippen LogP contribution in [0.3, 0.4) is 0 Å². The van der Waals surface area contributed by atoms with Crippen molar-refractivity contribution in [1.29, 1.82) is 0 Å². The Balaban J connectivity index is 0.00000338. The first kappa shape index (κ1) is 23.0. The second-order valence-corrected chi connectivity index (χ2v) is 6.73. The number of guanidine groups is 1. The van der Waals surface area contributed by atoms with Crippen molar-refractivity contribution in [1.82, 2.24) is 15.5 Å². The molecule has 148 valence electrons. The van der Waals surface area contributed by atoms with Gasteiger partial charge in [-0.05, 0) is 77.0 Å². The summed E-state index contributed by atoms with van der Waals surface area (Å²) in [6.07, 6.45) is 2.38. The van der Waals surface area contributed by atoms with Crippen molar-refractivity contribution >= 4 is 29.9 Å². The maximum atomic E-state index is 12.9. The lowest BCUT2D eigenvalue weighted by Crippen LogP contribution is -2.42. The van der Waals surface area contributed by atoms with E-state index in [9.17, 15) is 4.39 Å². The lowest BCUT2D eigenvalue weighted by Gasteiger charge is -2.29. The van der Waals surface area contributed by atoms with Crippen molar-refractivity contribution in [3.8, 4) is 5.75 Å². The topological polar surface area (TPSA) is 48.9 Å². The summed E-state index contributed by atoms with van der Waals surface area (Å²) in [4.78, 5) is 6.99. The molecule has 2 rings (SSSR count). The van der Waals surface area contributed by atoms with Gasteiger partial charge in [-0.25, -0.2) is 9.38 Å². The Morgan fingerprint density at radius 1 is 1.27 bits per heavy atom. The van der Waals surface area contributed by atoms with Crippen LogP contribution in [0, 0.1) is 11.7 Å². The number of hydrogen-bond acceptors (Lipinski definition) is 3. The third kappa shape index (κ3) is 8.53. The Morgan fingerprint density at radius 3 is 2.54 bits per heavy atom. The van der Waals surface area contributed by atoms with E-state index in [-0.39, 0.29) is 35.9 Å². The molecule has 0 saturated carbocycles. The standard InChI is InChI=1S/C19H31FN4O.HI/c1-4-21-19(23-14-16-9-11-24(3)12-10-16)22-13-15(2)25-18-7-5-17(20)6-8-18;/h5-8,15-16H,4,9-14H2,1-3H3,(H2,21,22,23);1H. The van der Waals surface area contributed by atoms with Crippen molar-refractivity contribution in [3.63, 3.8) is 0 Å². The van der Waals surface area contributed by atoms with Crippen LogP contribution in [-0.2, 0) is 0 Å². The van der Waals surface area contributed by atoms with Crippen molar-refractivity contribution in [2.45, 2.75) is 32.8 Å². The van der Waals surface area contributed by atoms with Gasteiger partial charge < -0.3 is 20.3 Å². The zero-order valence-electron chi connectivity index (χ0n) is 16.0. The van der Waals surface area contributed by atoms with Crippen molar-refractivity contribution < 1.29 is 9.13 Å². The molecule has 1 fully saturated rings. The first-order valence-corrected chi connectivity index (χ1v) is 9.19. The average molecular weight is 478 g/mol. The van der Waals surface area contributed by atoms with Gasteiger partial charge in [0.1, 0.15) is 17.7 Å². The second-order valence-electron chi connectivity index (χ2n) is 6.73. The molecule has 5 nitrogen and oxygen atoms in total. The zero-order valence-corrected chi connectivity index (χ0v) is 18.3. The minimum absolute atomic E-state index is 0. The molecule has 1 heterocycles. The summed E-state index contributed by atoms with van der Waals surface area (Å²) in [5, 5.41) is 6.73. The van der Waals surface area contributed by atoms with E-state index in [1.807, 2.05) is 6.92 Å². The van der Waals surface area contributed by atoms with Gasteiger partial charge in [0.25, 0.3) is 0 Å². The van der Waals surface area contributed by atoms with Crippen LogP contribution < -0.4 is 15.4 Å². The number of piperidine rings is 1. The van der Waals surface area contributed by atoms with Crippen molar-refractivity contribution in [2.24, 2.45) is 10.9 Å². The lowest BCUT2D eigenvalue weighted by atomic mass is 9.97. The van der Waals surface area contributed by atoms with E-state index in [1.165, 1.54) is 38.1 Å². The number of rotatable bonds is 7. The highest BCUT2D eigenvalue weighted by Crippen LogP contribution is 2.15. The molecular weight excluding hydrogens is 446 g/mol. The highest BCUT2D eigenvalue weighted by atomic mass is 127. The van der Waals surface area contributed by atoms with Crippen LogP contribution >= 0.6 is 24.0 Å². The molecule has 7 heteroatoms. The minimum atomic E-state index is -0.259. The SMILES string of the molecule is CCNC(=NCC(C)Oc1ccc(F)cc1)NCC1CCN(C)CC1.I. The molecule has 0 bridgehead atoms. The van der Waals surface area contributed by atoms with E-state index >= 15 is 0 Å². The highest BCUT2D eigenvalue weighted by molar-refractivity contribution is 14.0. The Bertz CT molecular complexity index is 533. The number of halogens is 2. The van der Waals surface area contributed by atoms with Gasteiger partial charge in [-0.3, -0.25) is 0 Å². The van der Waals surface area contributed by atoms with E-state index in [4.69, 9.17) is 4.74 Å². The van der Waals surface area contributed by atoms with Crippen LogP contribution in [-0.4, -0.2) is 56.7 Å². The quantitative estimate of drug-likeness (QED) is 0.359. The fraction of sp³-hybridized carbons (Fsp3) is 0.632. The van der Waals surface area contributed by atoms with E-state index in [0.29, 0.717) is 18.2 Å². The van der Waals surface area contributed by atoms with E-state index in [2.05, 4.69) is 34.5 Å². The number of hydrogen-bond donors (Lipinski definition) is 2. The Labute approximate surface area is 173 Å². The second kappa shape index (κ2) is 12.3. The molecule has 26 heavy (non-hydrogen) atoms. The number of nitrogens with one attached hydrogen (secondary N) is 2. The zero-order chi connectivity index (χ0) is 18.1. The van der Waals surface area contributed by atoms with Crippen molar-refractivity contribution in [3.05, 3.63) is 30.1 Å². The largest absolute Gasteiger partial charge is 0.489 e. The van der Waals surface area contributed by atoms with Gasteiger partial charge >= 0.3 is 0 Å². The number of likely N-dealkylation sites (tertiary alicyclic amines) is 1. The van der Waals surface area contributed by atoms with Crippen molar-refractivity contribution in [2.75, 3.05) is 39.8 Å². The van der Waals surface area contributed by atoms with Crippen LogP contribution in [0.2, 0.25) is 0 Å². The van der Waals surface area contributed by atoms with E-state index in [1.54, 1.807) is 12.1 Å². The number of nitrogens with zero attached hydrogens (tertiary/aromatic N) is 2. The molecule has 1 aliphatic rings. The Hall–Kier alpha value is -1.09. The molecule has 0 amide bonds. The first-order valence-electron chi connectivity index (χ1n) is 9.19. The Morgan fingerprint density at radius 2 is 1.92 bits per heavy atom. The molecule has 1 saturated heterocycles. The van der Waals surface area contributed by atoms with Gasteiger partial charge in [-0.2, -0.15) is 0 Å². The third-order valence-electron chi connectivity index (χ3n) is 4.40. The summed E-state index contributed by atoms with van der Waals surface area (Å²) in [6, 6.07) is 6.08. The van der Waals surface area contributed by atoms with Gasteiger partial charge in [0.2, 0.25) is 0 Å². The molecule has 0 aliphatic carbocycles. The number of benzene rings is 1. The minimum Gasteiger partial charge on any atom is -0.489 e. The Kier molecular flexibility index (Phi) is 10.9. The van der Waals surface area contributed by atoms with E-state index < -0.39 is 0 Å². The molecule has 2 N–H and O–H groups in total. The van der Waals surface area contributed by atoms with Crippen LogP contribution in [0.25, 0.3) is 0 Å². The summed E-state index contributed by atoms with van der Waals surface area (Å²) in [5.41, 5.74) is 0. The fourth-order valence-corrected chi connectivity index (χ4v) is 2.85. The van der Waals surface area contributed by atoms with Gasteiger partial charge in [0.05, 0.1) is 6.54 Å². The molecule has 1 aliphatic heterocycles. The number of aliphatic imine (C=N–C) groups is 1. The molecule has 0 radical (unpaired) electrons. The van der Waals surface area contributed by atoms with Gasteiger partial charge in [0, 0.05) is 13.1 Å². The molecular formula is C19H32FIN4O. The molecule has 1 aromatic rings. The molecule has 1 aromatic carbocycles. The maximum Gasteiger partial charge on any atom is 0.191 e. The van der Waals surface area contributed by atoms with Gasteiger partial charge in [-0.15, -0.1) is 24.0 Å². The monoisotopic (exact) mass is 478 g/mol. The van der Waals surface area contributed by atoms with Gasteiger partial charge in [-0.1, -0.05) is 0 Å². The van der Waals surface area contributed by atoms with E-state index in [0.717, 1.165) is 19.0 Å².